The highest BCUT2D eigenvalue weighted by Gasteiger charge is 2.12. The molecule has 2 heterocycles. The quantitative estimate of drug-likeness (QED) is 0.542. The summed E-state index contributed by atoms with van der Waals surface area (Å²) < 4.78 is 5.39. The molecule has 140 valence electrons. The van der Waals surface area contributed by atoms with Gasteiger partial charge in [0.15, 0.2) is 0 Å². The highest BCUT2D eigenvalue weighted by molar-refractivity contribution is 6.33. The number of H-pyrrole nitrogens is 1. The first kappa shape index (κ1) is 17.9. The van der Waals surface area contributed by atoms with Gasteiger partial charge in [-0.05, 0) is 19.1 Å². The Hall–Kier alpha value is -3.45. The smallest absolute Gasteiger partial charge is 0.252 e. The molecule has 0 saturated carbocycles. The number of aromatic amines is 1. The van der Waals surface area contributed by atoms with E-state index in [-0.39, 0.29) is 11.5 Å². The lowest BCUT2D eigenvalue weighted by Gasteiger charge is -2.10. The van der Waals surface area contributed by atoms with Gasteiger partial charge < -0.3 is 4.74 Å². The summed E-state index contributed by atoms with van der Waals surface area (Å²) in [5, 5.41) is 4.36. The van der Waals surface area contributed by atoms with Crippen LogP contribution in [0.4, 0.5) is 11.9 Å². The first-order valence-corrected chi connectivity index (χ1v) is 8.87. The van der Waals surface area contributed by atoms with Crippen molar-refractivity contribution in [2.24, 2.45) is 0 Å². The summed E-state index contributed by atoms with van der Waals surface area (Å²) in [5.41, 5.74) is 2.24. The molecule has 8 heteroatoms. The molecular formula is C20H16ClN5O2. The molecule has 2 aromatic heterocycles. The van der Waals surface area contributed by atoms with E-state index in [1.165, 1.54) is 6.07 Å². The molecule has 0 spiro atoms. The largest absolute Gasteiger partial charge is 0.494 e. The topological polar surface area (TPSA) is 92.8 Å². The van der Waals surface area contributed by atoms with E-state index in [9.17, 15) is 4.79 Å². The van der Waals surface area contributed by atoms with Crippen LogP contribution in [0.25, 0.3) is 22.2 Å². The molecule has 0 amide bonds. The average molecular weight is 394 g/mol. The van der Waals surface area contributed by atoms with Crippen LogP contribution in [-0.2, 0) is 0 Å². The Balaban J connectivity index is 1.78. The van der Waals surface area contributed by atoms with Gasteiger partial charge in [0.25, 0.3) is 5.56 Å². The molecular weight excluding hydrogens is 378 g/mol. The van der Waals surface area contributed by atoms with Crippen molar-refractivity contribution in [1.29, 1.82) is 0 Å². The second-order valence-corrected chi connectivity index (χ2v) is 6.48. The first-order valence-electron chi connectivity index (χ1n) is 8.50. The molecule has 0 bridgehead atoms. The zero-order valence-electron chi connectivity index (χ0n) is 15.2. The van der Waals surface area contributed by atoms with Crippen LogP contribution in [0, 0.1) is 6.92 Å². The van der Waals surface area contributed by atoms with Crippen LogP contribution in [0.5, 0.6) is 5.75 Å². The number of hydrogen-bond acceptors (Lipinski definition) is 6. The van der Waals surface area contributed by atoms with Crippen LogP contribution in [0.15, 0.2) is 53.3 Å². The van der Waals surface area contributed by atoms with Crippen LogP contribution in [0.3, 0.4) is 0 Å². The fourth-order valence-corrected chi connectivity index (χ4v) is 3.16. The fraction of sp³-hybridized carbons (Fsp3) is 0.100. The van der Waals surface area contributed by atoms with E-state index >= 15 is 0 Å². The Morgan fingerprint density at radius 3 is 2.68 bits per heavy atom. The van der Waals surface area contributed by atoms with E-state index in [0.29, 0.717) is 33.5 Å². The van der Waals surface area contributed by atoms with Crippen molar-refractivity contribution in [3.63, 3.8) is 0 Å². The second-order valence-electron chi connectivity index (χ2n) is 6.07. The van der Waals surface area contributed by atoms with Crippen molar-refractivity contribution in [2.75, 3.05) is 12.4 Å². The third-order valence-corrected chi connectivity index (χ3v) is 4.55. The fourth-order valence-electron chi connectivity index (χ4n) is 2.93. The van der Waals surface area contributed by atoms with E-state index in [2.05, 4.69) is 25.3 Å². The third kappa shape index (κ3) is 3.39. The molecule has 0 atom stereocenters. The number of methoxy groups -OCH3 is 1. The van der Waals surface area contributed by atoms with Crippen molar-refractivity contribution in [3.05, 3.63) is 69.6 Å². The SMILES string of the molecule is COc1cccc2c(C)nc(Nc3nc(-c4ccccc4Cl)cc(=O)[nH]3)nc12. The zero-order chi connectivity index (χ0) is 19.7. The van der Waals surface area contributed by atoms with Crippen molar-refractivity contribution < 1.29 is 4.74 Å². The third-order valence-electron chi connectivity index (χ3n) is 4.22. The normalized spacial score (nSPS) is 10.8. The van der Waals surface area contributed by atoms with Crippen molar-refractivity contribution in [1.82, 2.24) is 19.9 Å². The van der Waals surface area contributed by atoms with E-state index in [1.807, 2.05) is 37.3 Å². The highest BCUT2D eigenvalue weighted by atomic mass is 35.5. The lowest BCUT2D eigenvalue weighted by molar-refractivity contribution is 0.419. The number of para-hydroxylation sites is 1. The molecule has 0 aliphatic heterocycles. The Kier molecular flexibility index (Phi) is 4.67. The van der Waals surface area contributed by atoms with Crippen LogP contribution >= 0.6 is 11.6 Å². The molecule has 7 nitrogen and oxygen atoms in total. The number of rotatable bonds is 4. The van der Waals surface area contributed by atoms with Crippen LogP contribution in [-0.4, -0.2) is 27.0 Å². The van der Waals surface area contributed by atoms with Crippen molar-refractivity contribution in [3.8, 4) is 17.0 Å². The number of halogens is 1. The molecule has 4 rings (SSSR count). The Bertz CT molecular complexity index is 1240. The van der Waals surface area contributed by atoms with Crippen LogP contribution < -0.4 is 15.6 Å². The number of nitrogens with zero attached hydrogens (tertiary/aromatic N) is 3. The predicted molar refractivity (Wildman–Crippen MR) is 109 cm³/mol. The van der Waals surface area contributed by atoms with Gasteiger partial charge in [0.05, 0.1) is 18.5 Å². The van der Waals surface area contributed by atoms with Gasteiger partial charge in [-0.25, -0.2) is 15.0 Å². The number of nitrogens with one attached hydrogen (secondary N) is 2. The van der Waals surface area contributed by atoms with E-state index < -0.39 is 0 Å². The van der Waals surface area contributed by atoms with Gasteiger partial charge in [-0.1, -0.05) is 41.9 Å². The maximum atomic E-state index is 12.1. The zero-order valence-corrected chi connectivity index (χ0v) is 15.9. The number of ether oxygens (including phenoxy) is 1. The predicted octanol–water partition coefficient (Wildman–Crippen LogP) is 4.09. The Labute approximate surface area is 165 Å². The van der Waals surface area contributed by atoms with Gasteiger partial charge >= 0.3 is 0 Å². The molecule has 0 saturated heterocycles. The number of aromatic nitrogens is 4. The molecule has 0 fully saturated rings. The molecule has 2 aromatic carbocycles. The molecule has 0 aliphatic rings. The lowest BCUT2D eigenvalue weighted by Crippen LogP contribution is -2.12. The standard InChI is InChI=1S/C20H16ClN5O2/c1-11-12-7-5-9-16(28-2)18(12)25-19(22-11)26-20-23-15(10-17(27)24-20)13-6-3-4-8-14(13)21/h3-10H,1-2H3,(H2,22,23,24,25,26,27). The molecule has 2 N–H and O–H groups in total. The number of fused-ring (bicyclic) bond motifs is 1. The first-order chi connectivity index (χ1) is 13.5. The Morgan fingerprint density at radius 2 is 1.89 bits per heavy atom. The monoisotopic (exact) mass is 393 g/mol. The van der Waals surface area contributed by atoms with E-state index in [4.69, 9.17) is 16.3 Å². The Morgan fingerprint density at radius 1 is 1.07 bits per heavy atom. The van der Waals surface area contributed by atoms with Crippen LogP contribution in [0.2, 0.25) is 5.02 Å². The minimum Gasteiger partial charge on any atom is -0.494 e. The minimum atomic E-state index is -0.317. The maximum Gasteiger partial charge on any atom is 0.252 e. The lowest BCUT2D eigenvalue weighted by atomic mass is 10.1. The van der Waals surface area contributed by atoms with Gasteiger partial charge in [0.2, 0.25) is 11.9 Å². The van der Waals surface area contributed by atoms with E-state index in [1.54, 1.807) is 19.2 Å². The second kappa shape index (κ2) is 7.28. The van der Waals surface area contributed by atoms with Crippen molar-refractivity contribution >= 4 is 34.4 Å². The number of anilines is 2. The number of aryl methyl sites for hydroxylation is 1. The summed E-state index contributed by atoms with van der Waals surface area (Å²) >= 11 is 6.23. The maximum absolute atomic E-state index is 12.1. The molecule has 0 unspecified atom stereocenters. The molecule has 0 aliphatic carbocycles. The van der Waals surface area contributed by atoms with Gasteiger partial charge in [-0.2, -0.15) is 0 Å². The molecule has 28 heavy (non-hydrogen) atoms. The minimum absolute atomic E-state index is 0.219. The summed E-state index contributed by atoms with van der Waals surface area (Å²) in [6, 6.07) is 14.2. The average Bonchev–Trinajstić information content (AvgIpc) is 2.67. The summed E-state index contributed by atoms with van der Waals surface area (Å²) in [6.45, 7) is 1.88. The highest BCUT2D eigenvalue weighted by Crippen LogP contribution is 2.28. The molecule has 4 aromatic rings. The van der Waals surface area contributed by atoms with Crippen LogP contribution in [0.1, 0.15) is 5.69 Å². The van der Waals surface area contributed by atoms with Crippen molar-refractivity contribution in [2.45, 2.75) is 6.92 Å². The summed E-state index contributed by atoms with van der Waals surface area (Å²) in [5.74, 6) is 1.15. The molecule has 0 radical (unpaired) electrons. The number of benzene rings is 2. The van der Waals surface area contributed by atoms with Gasteiger partial charge in [-0.3, -0.25) is 15.1 Å². The van der Waals surface area contributed by atoms with Gasteiger partial charge in [-0.15, -0.1) is 0 Å². The summed E-state index contributed by atoms with van der Waals surface area (Å²) in [4.78, 5) is 28.2. The summed E-state index contributed by atoms with van der Waals surface area (Å²) in [7, 11) is 1.59. The number of hydrogen-bond donors (Lipinski definition) is 2. The van der Waals surface area contributed by atoms with Gasteiger partial charge in [0, 0.05) is 22.0 Å². The summed E-state index contributed by atoms with van der Waals surface area (Å²) in [6.07, 6.45) is 0. The van der Waals surface area contributed by atoms with E-state index in [0.717, 1.165) is 11.1 Å². The van der Waals surface area contributed by atoms with Gasteiger partial charge in [0.1, 0.15) is 11.3 Å².